The summed E-state index contributed by atoms with van der Waals surface area (Å²) in [5.41, 5.74) is 1.02. The molecule has 1 heterocycles. The van der Waals surface area contributed by atoms with Crippen LogP contribution in [0.25, 0.3) is 16.8 Å². The number of carbonyl (C=O) groups is 1. The molecule has 34 heavy (non-hydrogen) atoms. The molecule has 4 rings (SSSR count). The lowest BCUT2D eigenvalue weighted by Crippen LogP contribution is -2.73. The molecule has 0 saturated carbocycles. The number of hydrogen-bond acceptors (Lipinski definition) is 3. The number of esters is 1. The molecule has 0 aliphatic rings. The van der Waals surface area contributed by atoms with Crippen molar-refractivity contribution in [3.05, 3.63) is 103 Å². The van der Waals surface area contributed by atoms with Gasteiger partial charge in [0.2, 0.25) is 0 Å². The topological polar surface area (TPSA) is 39.2 Å². The van der Waals surface area contributed by atoms with Crippen LogP contribution in [0.4, 0.5) is 0 Å². The molecule has 3 aromatic carbocycles. The molecule has 1 aromatic heterocycles. The van der Waals surface area contributed by atoms with E-state index in [1.54, 1.807) is 0 Å². The Labute approximate surface area is 203 Å². The maximum absolute atomic E-state index is 12.2. The van der Waals surface area contributed by atoms with Crippen molar-refractivity contribution in [3.8, 4) is 0 Å². The molecule has 0 aliphatic carbocycles. The number of hydrogen-bond donors (Lipinski definition) is 0. The monoisotopic (exact) mass is 465 g/mol. The van der Waals surface area contributed by atoms with E-state index in [2.05, 4.69) is 99.6 Å². The summed E-state index contributed by atoms with van der Waals surface area (Å²) < 4.78 is 5.16. The number of rotatable bonds is 6. The number of benzene rings is 3. The van der Waals surface area contributed by atoms with Gasteiger partial charge in [0, 0.05) is 17.6 Å². The van der Waals surface area contributed by atoms with E-state index in [1.807, 2.05) is 25.3 Å². The van der Waals surface area contributed by atoms with Crippen LogP contribution in [0.1, 0.15) is 33.3 Å². The average Bonchev–Trinajstić information content (AvgIpc) is 2.84. The van der Waals surface area contributed by atoms with Gasteiger partial charge < -0.3 is 4.74 Å². The van der Waals surface area contributed by atoms with Gasteiger partial charge in [-0.25, -0.2) is 4.79 Å². The third-order valence-electron chi connectivity index (χ3n) is 6.41. The van der Waals surface area contributed by atoms with Gasteiger partial charge in [0.15, 0.2) is 8.07 Å². The lowest BCUT2D eigenvalue weighted by molar-refractivity contribution is -0.137. The van der Waals surface area contributed by atoms with Gasteiger partial charge in [0.05, 0.1) is 6.61 Å². The third-order valence-corrected chi connectivity index (χ3v) is 12.2. The molecule has 0 bridgehead atoms. The Morgan fingerprint density at radius 3 is 2.32 bits per heavy atom. The molecule has 0 fully saturated rings. The van der Waals surface area contributed by atoms with Gasteiger partial charge in [0.1, 0.15) is 0 Å². The van der Waals surface area contributed by atoms with E-state index in [0.717, 1.165) is 10.9 Å². The minimum Gasteiger partial charge on any atom is -0.463 e. The van der Waals surface area contributed by atoms with Gasteiger partial charge in [-0.3, -0.25) is 4.98 Å². The Morgan fingerprint density at radius 1 is 0.912 bits per heavy atom. The molecule has 4 aromatic rings. The second kappa shape index (κ2) is 9.78. The SMILES string of the molecule is CCOC(=O)/C=C/c1ccccc1[Si](c1ccccc1)(c1nccc2ccccc12)C(C)(C)C. The second-order valence-electron chi connectivity index (χ2n) is 9.42. The quantitative estimate of drug-likeness (QED) is 0.226. The lowest BCUT2D eigenvalue weighted by atomic mass is 10.2. The number of pyridine rings is 1. The first-order valence-corrected chi connectivity index (χ1v) is 13.7. The van der Waals surface area contributed by atoms with Crippen LogP contribution in [0.3, 0.4) is 0 Å². The maximum atomic E-state index is 12.2. The molecule has 1 unspecified atom stereocenters. The zero-order chi connectivity index (χ0) is 24.2. The molecule has 0 radical (unpaired) electrons. The summed E-state index contributed by atoms with van der Waals surface area (Å²) in [5, 5.41) is 5.91. The highest BCUT2D eigenvalue weighted by Crippen LogP contribution is 2.37. The predicted molar refractivity (Wildman–Crippen MR) is 145 cm³/mol. The minimum atomic E-state index is -2.74. The smallest absolute Gasteiger partial charge is 0.330 e. The standard InChI is InChI=1S/C30H31NO2Si/c1-5-33-28(32)20-19-24-14-10-12-18-27(24)34(30(2,3)4,25-15-7-6-8-16-25)29-26-17-11-9-13-23(26)21-22-31-29/h6-22H,5H2,1-4H3/b20-19+. The van der Waals surface area contributed by atoms with Gasteiger partial charge in [-0.1, -0.05) is 99.6 Å². The molecule has 1 atom stereocenters. The van der Waals surface area contributed by atoms with Crippen LogP contribution >= 0.6 is 0 Å². The Bertz CT molecular complexity index is 1320. The fourth-order valence-corrected chi connectivity index (χ4v) is 10.8. The Hall–Kier alpha value is -3.50. The fourth-order valence-electron chi connectivity index (χ4n) is 5.05. The van der Waals surface area contributed by atoms with Gasteiger partial charge in [-0.2, -0.15) is 0 Å². The van der Waals surface area contributed by atoms with Crippen LogP contribution in [0.5, 0.6) is 0 Å². The first-order chi connectivity index (χ1) is 16.4. The zero-order valence-electron chi connectivity index (χ0n) is 20.3. The van der Waals surface area contributed by atoms with Crippen molar-refractivity contribution >= 4 is 46.6 Å². The van der Waals surface area contributed by atoms with E-state index < -0.39 is 8.07 Å². The van der Waals surface area contributed by atoms with Crippen molar-refractivity contribution < 1.29 is 9.53 Å². The summed E-state index contributed by atoms with van der Waals surface area (Å²) in [4.78, 5) is 17.3. The normalized spacial score (nSPS) is 13.6. The summed E-state index contributed by atoms with van der Waals surface area (Å²) in [6.07, 6.45) is 5.37. The second-order valence-corrected chi connectivity index (χ2v) is 14.0. The van der Waals surface area contributed by atoms with Crippen LogP contribution in [0.2, 0.25) is 5.04 Å². The highest BCUT2D eigenvalue weighted by molar-refractivity contribution is 7.14. The van der Waals surface area contributed by atoms with E-state index in [4.69, 9.17) is 9.72 Å². The van der Waals surface area contributed by atoms with Crippen LogP contribution in [-0.2, 0) is 9.53 Å². The highest BCUT2D eigenvalue weighted by Gasteiger charge is 2.52. The van der Waals surface area contributed by atoms with Crippen molar-refractivity contribution in [3.63, 3.8) is 0 Å². The molecule has 4 heteroatoms. The van der Waals surface area contributed by atoms with Crippen LogP contribution in [0, 0.1) is 0 Å². The van der Waals surface area contributed by atoms with Crippen molar-refractivity contribution in [2.24, 2.45) is 0 Å². The first kappa shape index (κ1) is 23.6. The van der Waals surface area contributed by atoms with Crippen molar-refractivity contribution in [2.45, 2.75) is 32.7 Å². The molecule has 0 aliphatic heterocycles. The number of aromatic nitrogens is 1. The molecule has 0 amide bonds. The van der Waals surface area contributed by atoms with E-state index in [9.17, 15) is 4.79 Å². The number of nitrogens with zero attached hydrogens (tertiary/aromatic N) is 1. The first-order valence-electron chi connectivity index (χ1n) is 11.7. The highest BCUT2D eigenvalue weighted by atomic mass is 28.3. The molecule has 0 N–H and O–H groups in total. The number of carbonyl (C=O) groups excluding carboxylic acids is 1. The van der Waals surface area contributed by atoms with Crippen LogP contribution in [0.15, 0.2) is 97.2 Å². The molecule has 0 saturated heterocycles. The van der Waals surface area contributed by atoms with E-state index in [1.165, 1.54) is 27.2 Å². The van der Waals surface area contributed by atoms with E-state index in [0.29, 0.717) is 6.61 Å². The van der Waals surface area contributed by atoms with E-state index >= 15 is 0 Å². The van der Waals surface area contributed by atoms with Gasteiger partial charge in [-0.15, -0.1) is 0 Å². The Morgan fingerprint density at radius 2 is 1.59 bits per heavy atom. The molecular weight excluding hydrogens is 434 g/mol. The largest absolute Gasteiger partial charge is 0.463 e. The molecular formula is C30H31NO2Si. The zero-order valence-corrected chi connectivity index (χ0v) is 21.3. The van der Waals surface area contributed by atoms with Crippen molar-refractivity contribution in [1.29, 1.82) is 0 Å². The van der Waals surface area contributed by atoms with Crippen molar-refractivity contribution in [2.75, 3.05) is 6.61 Å². The van der Waals surface area contributed by atoms with Crippen LogP contribution in [-0.4, -0.2) is 25.6 Å². The summed E-state index contributed by atoms with van der Waals surface area (Å²) in [5.74, 6) is -0.330. The number of ether oxygens (including phenoxy) is 1. The Kier molecular flexibility index (Phi) is 6.80. The van der Waals surface area contributed by atoms with Gasteiger partial charge >= 0.3 is 5.97 Å². The average molecular weight is 466 g/mol. The van der Waals surface area contributed by atoms with Gasteiger partial charge in [-0.05, 0) is 50.8 Å². The van der Waals surface area contributed by atoms with Crippen molar-refractivity contribution in [1.82, 2.24) is 4.98 Å². The fraction of sp³-hybridized carbons (Fsp3) is 0.200. The van der Waals surface area contributed by atoms with Gasteiger partial charge in [0.25, 0.3) is 0 Å². The summed E-state index contributed by atoms with van der Waals surface area (Å²) >= 11 is 0. The summed E-state index contributed by atoms with van der Waals surface area (Å²) in [6, 6.07) is 29.8. The van der Waals surface area contributed by atoms with Crippen LogP contribution < -0.4 is 15.7 Å². The predicted octanol–water partition coefficient (Wildman–Crippen LogP) is 5.08. The molecule has 172 valence electrons. The number of fused-ring (bicyclic) bond motifs is 1. The molecule has 0 spiro atoms. The summed E-state index contributed by atoms with van der Waals surface area (Å²) in [7, 11) is -2.74. The maximum Gasteiger partial charge on any atom is 0.330 e. The molecule has 3 nitrogen and oxygen atoms in total. The third kappa shape index (κ3) is 4.21. The lowest BCUT2D eigenvalue weighted by Gasteiger charge is -2.44. The van der Waals surface area contributed by atoms with E-state index in [-0.39, 0.29) is 11.0 Å². The summed E-state index contributed by atoms with van der Waals surface area (Å²) in [6.45, 7) is 9.14. The minimum absolute atomic E-state index is 0.126. The Balaban J connectivity index is 2.12.